The number of primary amides is 1. The molecule has 2 N–H and O–H groups in total. The Hall–Kier alpha value is -2.18. The second-order valence-corrected chi connectivity index (χ2v) is 9.34. The molecule has 0 unspecified atom stereocenters. The van der Waals surface area contributed by atoms with Crippen molar-refractivity contribution in [2.45, 2.75) is 37.6 Å². The summed E-state index contributed by atoms with van der Waals surface area (Å²) in [5.41, 5.74) is 7.80. The van der Waals surface area contributed by atoms with Crippen LogP contribution >= 0.6 is 15.9 Å². The number of halogens is 1. The maximum Gasteiger partial charge on any atom is 0.248 e. The molecule has 1 saturated heterocycles. The Bertz CT molecular complexity index is 897. The van der Waals surface area contributed by atoms with E-state index >= 15 is 0 Å². The Balaban J connectivity index is 1.39. The maximum atomic E-state index is 13.6. The van der Waals surface area contributed by atoms with Crippen molar-refractivity contribution >= 4 is 27.7 Å². The minimum atomic E-state index is -0.403. The summed E-state index contributed by atoms with van der Waals surface area (Å²) >= 11 is 3.51. The summed E-state index contributed by atoms with van der Waals surface area (Å²) < 4.78 is 1.05. The van der Waals surface area contributed by atoms with Gasteiger partial charge in [0, 0.05) is 42.8 Å². The Morgan fingerprint density at radius 3 is 2.07 bits per heavy atom. The van der Waals surface area contributed by atoms with Gasteiger partial charge in [0.15, 0.2) is 0 Å². The van der Waals surface area contributed by atoms with Gasteiger partial charge in [0.05, 0.1) is 5.41 Å². The van der Waals surface area contributed by atoms with Crippen LogP contribution in [-0.2, 0) is 16.8 Å². The first-order valence-corrected chi connectivity index (χ1v) is 11.4. The molecule has 1 aliphatic carbocycles. The number of hydrogen-bond acceptors (Lipinski definition) is 3. The highest BCUT2D eigenvalue weighted by atomic mass is 79.9. The molecule has 5 nitrogen and oxygen atoms in total. The highest BCUT2D eigenvalue weighted by Gasteiger charge is 2.45. The van der Waals surface area contributed by atoms with Gasteiger partial charge >= 0.3 is 0 Å². The monoisotopic (exact) mass is 469 g/mol. The fraction of sp³-hybridized carbons (Fsp3) is 0.417. The fourth-order valence-electron chi connectivity index (χ4n) is 4.82. The van der Waals surface area contributed by atoms with E-state index < -0.39 is 5.91 Å². The molecule has 1 heterocycles. The smallest absolute Gasteiger partial charge is 0.248 e. The predicted molar refractivity (Wildman–Crippen MR) is 121 cm³/mol. The van der Waals surface area contributed by atoms with Crippen LogP contribution in [0, 0.1) is 0 Å². The summed E-state index contributed by atoms with van der Waals surface area (Å²) in [6, 6.07) is 15.8. The fourth-order valence-corrected chi connectivity index (χ4v) is 5.08. The van der Waals surface area contributed by atoms with Gasteiger partial charge in [-0.1, -0.05) is 53.0 Å². The van der Waals surface area contributed by atoms with Crippen LogP contribution in [0.2, 0.25) is 0 Å². The molecule has 0 aromatic heterocycles. The van der Waals surface area contributed by atoms with Crippen LogP contribution in [0.4, 0.5) is 0 Å². The molecule has 30 heavy (non-hydrogen) atoms. The molecular formula is C24H28BrN3O2. The number of hydrogen-bond donors (Lipinski definition) is 1. The largest absolute Gasteiger partial charge is 0.366 e. The zero-order chi connectivity index (χ0) is 21.1. The molecule has 158 valence electrons. The third kappa shape index (κ3) is 4.30. The van der Waals surface area contributed by atoms with Crippen molar-refractivity contribution in [1.82, 2.24) is 9.80 Å². The van der Waals surface area contributed by atoms with Gasteiger partial charge in [0.1, 0.15) is 0 Å². The molecule has 0 bridgehead atoms. The molecule has 4 rings (SSSR count). The van der Waals surface area contributed by atoms with Gasteiger partial charge in [-0.3, -0.25) is 14.5 Å². The zero-order valence-electron chi connectivity index (χ0n) is 17.1. The van der Waals surface area contributed by atoms with Crippen LogP contribution in [0.5, 0.6) is 0 Å². The Kier molecular flexibility index (Phi) is 6.25. The van der Waals surface area contributed by atoms with Gasteiger partial charge in [0.25, 0.3) is 0 Å². The molecule has 2 fully saturated rings. The van der Waals surface area contributed by atoms with E-state index in [1.807, 2.05) is 24.3 Å². The maximum absolute atomic E-state index is 13.6. The van der Waals surface area contributed by atoms with Gasteiger partial charge in [-0.15, -0.1) is 0 Å². The topological polar surface area (TPSA) is 66.6 Å². The van der Waals surface area contributed by atoms with Gasteiger partial charge in [-0.05, 0) is 48.2 Å². The number of amides is 2. The molecule has 1 aliphatic heterocycles. The zero-order valence-corrected chi connectivity index (χ0v) is 18.7. The predicted octanol–water partition coefficient (Wildman–Crippen LogP) is 3.70. The van der Waals surface area contributed by atoms with Gasteiger partial charge in [-0.2, -0.15) is 0 Å². The first-order chi connectivity index (χ1) is 14.5. The van der Waals surface area contributed by atoms with Crippen molar-refractivity contribution in [3.8, 4) is 0 Å². The van der Waals surface area contributed by atoms with E-state index in [1.165, 1.54) is 0 Å². The van der Waals surface area contributed by atoms with Crippen molar-refractivity contribution in [2.24, 2.45) is 5.73 Å². The minimum absolute atomic E-state index is 0.299. The third-order valence-corrected chi connectivity index (χ3v) is 7.10. The van der Waals surface area contributed by atoms with Crippen molar-refractivity contribution < 1.29 is 9.59 Å². The molecule has 2 aliphatic rings. The van der Waals surface area contributed by atoms with Gasteiger partial charge in [-0.25, -0.2) is 0 Å². The molecule has 2 amide bonds. The minimum Gasteiger partial charge on any atom is -0.366 e. The summed E-state index contributed by atoms with van der Waals surface area (Å²) in [5.74, 6) is -0.104. The lowest BCUT2D eigenvalue weighted by Crippen LogP contribution is -2.53. The molecule has 6 heteroatoms. The summed E-state index contributed by atoms with van der Waals surface area (Å²) in [5, 5.41) is 0. The number of nitrogens with zero attached hydrogens (tertiary/aromatic N) is 2. The van der Waals surface area contributed by atoms with E-state index in [2.05, 4.69) is 37.9 Å². The summed E-state index contributed by atoms with van der Waals surface area (Å²) in [6.45, 7) is 4.06. The number of benzene rings is 2. The van der Waals surface area contributed by atoms with E-state index in [1.54, 1.807) is 12.1 Å². The van der Waals surface area contributed by atoms with Crippen LogP contribution in [0.1, 0.15) is 47.2 Å². The number of piperazine rings is 1. The number of carbonyl (C=O) groups excluding carboxylic acids is 2. The Morgan fingerprint density at radius 2 is 1.50 bits per heavy atom. The second-order valence-electron chi connectivity index (χ2n) is 8.43. The van der Waals surface area contributed by atoms with E-state index in [0.717, 1.165) is 74.0 Å². The average molecular weight is 470 g/mol. The van der Waals surface area contributed by atoms with E-state index in [-0.39, 0.29) is 5.41 Å². The lowest BCUT2D eigenvalue weighted by molar-refractivity contribution is -0.139. The van der Waals surface area contributed by atoms with E-state index in [9.17, 15) is 9.59 Å². The quantitative estimate of drug-likeness (QED) is 0.725. The number of nitrogens with two attached hydrogens (primary N) is 1. The van der Waals surface area contributed by atoms with Crippen LogP contribution in [0.15, 0.2) is 53.0 Å². The number of carbonyl (C=O) groups is 2. The molecule has 0 spiro atoms. The molecule has 2 aromatic rings. The lowest BCUT2D eigenvalue weighted by atomic mass is 9.77. The van der Waals surface area contributed by atoms with Crippen molar-refractivity contribution in [3.05, 3.63) is 69.7 Å². The molecular weight excluding hydrogens is 442 g/mol. The van der Waals surface area contributed by atoms with Crippen molar-refractivity contribution in [1.29, 1.82) is 0 Å². The van der Waals surface area contributed by atoms with Crippen molar-refractivity contribution in [3.63, 3.8) is 0 Å². The normalized spacial score (nSPS) is 19.0. The average Bonchev–Trinajstić information content (AvgIpc) is 3.26. The van der Waals surface area contributed by atoms with E-state index in [0.29, 0.717) is 11.5 Å². The summed E-state index contributed by atoms with van der Waals surface area (Å²) in [6.07, 6.45) is 4.12. The van der Waals surface area contributed by atoms with Crippen LogP contribution < -0.4 is 5.73 Å². The number of rotatable bonds is 5. The Morgan fingerprint density at radius 1 is 0.900 bits per heavy atom. The molecule has 0 radical (unpaired) electrons. The first kappa shape index (κ1) is 21.1. The molecule has 2 aromatic carbocycles. The summed E-state index contributed by atoms with van der Waals surface area (Å²) in [4.78, 5) is 29.3. The SMILES string of the molecule is NC(=O)c1ccc(CN2CCN(C(=O)C3(c4ccc(Br)cc4)CCCC3)CC2)cc1. The Labute approximate surface area is 186 Å². The van der Waals surface area contributed by atoms with Crippen LogP contribution in [-0.4, -0.2) is 47.8 Å². The standard InChI is InChI=1S/C24H28BrN3O2/c25-21-9-7-20(8-10-21)24(11-1-2-12-24)23(30)28-15-13-27(14-16-28)17-18-3-5-19(6-4-18)22(26)29/h3-10H,1-2,11-17H2,(H2,26,29). The van der Waals surface area contributed by atoms with Gasteiger partial charge in [0.2, 0.25) is 11.8 Å². The van der Waals surface area contributed by atoms with Crippen LogP contribution in [0.3, 0.4) is 0 Å². The highest BCUT2D eigenvalue weighted by molar-refractivity contribution is 9.10. The highest BCUT2D eigenvalue weighted by Crippen LogP contribution is 2.43. The molecule has 0 atom stereocenters. The summed E-state index contributed by atoms with van der Waals surface area (Å²) in [7, 11) is 0. The van der Waals surface area contributed by atoms with Crippen LogP contribution in [0.25, 0.3) is 0 Å². The van der Waals surface area contributed by atoms with Crippen molar-refractivity contribution in [2.75, 3.05) is 26.2 Å². The van der Waals surface area contributed by atoms with E-state index in [4.69, 9.17) is 5.73 Å². The second kappa shape index (κ2) is 8.90. The third-order valence-electron chi connectivity index (χ3n) is 6.57. The lowest BCUT2D eigenvalue weighted by Gasteiger charge is -2.40. The van der Waals surface area contributed by atoms with Gasteiger partial charge < -0.3 is 10.6 Å². The first-order valence-electron chi connectivity index (χ1n) is 10.6. The molecule has 1 saturated carbocycles.